The van der Waals surface area contributed by atoms with Gasteiger partial charge in [-0.2, -0.15) is 17.9 Å². The van der Waals surface area contributed by atoms with E-state index < -0.39 is 16.0 Å². The van der Waals surface area contributed by atoms with Crippen molar-refractivity contribution in [3.63, 3.8) is 0 Å². The number of hydrogen-bond donors (Lipinski definition) is 0. The molecule has 0 aliphatic heterocycles. The number of rotatable bonds is 6. The van der Waals surface area contributed by atoms with Gasteiger partial charge in [-0.1, -0.05) is 17.7 Å². The number of benzene rings is 1. The monoisotopic (exact) mass is 348 g/mol. The van der Waals surface area contributed by atoms with Gasteiger partial charge in [0.25, 0.3) is 10.0 Å². The van der Waals surface area contributed by atoms with Gasteiger partial charge >= 0.3 is 5.97 Å². The molecule has 0 saturated carbocycles. The van der Waals surface area contributed by atoms with E-state index in [2.05, 4.69) is 9.84 Å². The second kappa shape index (κ2) is 7.60. The van der Waals surface area contributed by atoms with Crippen LogP contribution in [0.25, 0.3) is 0 Å². The number of carbonyl (C=O) groups is 1. The second-order valence-electron chi connectivity index (χ2n) is 4.69. The van der Waals surface area contributed by atoms with Crippen molar-refractivity contribution in [3.05, 3.63) is 66.3 Å². The lowest BCUT2D eigenvalue weighted by molar-refractivity contribution is -0.134. The van der Waals surface area contributed by atoms with Gasteiger partial charge in [-0.05, 0) is 31.2 Å². The van der Waals surface area contributed by atoms with E-state index in [-0.39, 0.29) is 4.90 Å². The van der Waals surface area contributed by atoms with Gasteiger partial charge < -0.3 is 9.15 Å². The maximum atomic E-state index is 12.7. The molecule has 0 N–H and O–H groups in total. The Morgan fingerprint density at radius 3 is 2.54 bits per heavy atom. The minimum Gasteiger partial charge on any atom is -0.466 e. The lowest BCUT2D eigenvalue weighted by Gasteiger charge is -2.14. The number of sulfonamides is 1. The van der Waals surface area contributed by atoms with Crippen LogP contribution in [0.3, 0.4) is 0 Å². The summed E-state index contributed by atoms with van der Waals surface area (Å²) in [5.74, 6) is -0.335. The van der Waals surface area contributed by atoms with Crippen LogP contribution >= 0.6 is 0 Å². The lowest BCUT2D eigenvalue weighted by Crippen LogP contribution is -2.21. The number of nitrogens with zero attached hydrogens (tertiary/aromatic N) is 2. The lowest BCUT2D eigenvalue weighted by atomic mass is 10.2. The van der Waals surface area contributed by atoms with Gasteiger partial charge in [0.2, 0.25) is 0 Å². The summed E-state index contributed by atoms with van der Waals surface area (Å²) in [6, 6.07) is 9.53. The van der Waals surface area contributed by atoms with Gasteiger partial charge in [-0.15, -0.1) is 0 Å². The van der Waals surface area contributed by atoms with Gasteiger partial charge in [0.1, 0.15) is 5.76 Å². The van der Waals surface area contributed by atoms with Gasteiger partial charge in [0.15, 0.2) is 0 Å². The largest absolute Gasteiger partial charge is 0.466 e. The molecule has 2 aromatic rings. The van der Waals surface area contributed by atoms with Crippen molar-refractivity contribution in [2.75, 3.05) is 7.11 Å². The number of ether oxygens (including phenoxy) is 1. The van der Waals surface area contributed by atoms with Gasteiger partial charge in [0.05, 0.1) is 24.5 Å². The summed E-state index contributed by atoms with van der Waals surface area (Å²) < 4.78 is 35.6. The van der Waals surface area contributed by atoms with Crippen molar-refractivity contribution in [1.82, 2.24) is 4.41 Å². The fourth-order valence-electron chi connectivity index (χ4n) is 1.67. The number of furan rings is 1. The molecule has 1 aromatic carbocycles. The van der Waals surface area contributed by atoms with Crippen LogP contribution in [0.15, 0.2) is 69.4 Å². The highest BCUT2D eigenvalue weighted by Crippen LogP contribution is 2.17. The third-order valence-corrected chi connectivity index (χ3v) is 4.52. The molecule has 0 fully saturated rings. The highest BCUT2D eigenvalue weighted by atomic mass is 32.2. The fourth-order valence-corrected chi connectivity index (χ4v) is 2.76. The van der Waals surface area contributed by atoms with Crippen molar-refractivity contribution in [1.29, 1.82) is 0 Å². The van der Waals surface area contributed by atoms with E-state index in [1.165, 1.54) is 31.7 Å². The van der Waals surface area contributed by atoms with Crippen molar-refractivity contribution >= 4 is 22.2 Å². The average Bonchev–Trinajstić information content (AvgIpc) is 3.08. The molecule has 0 amide bonds. The number of aryl methyl sites for hydroxylation is 1. The van der Waals surface area contributed by atoms with E-state index in [1.807, 2.05) is 6.92 Å². The zero-order valence-electron chi connectivity index (χ0n) is 13.1. The molecule has 0 atom stereocenters. The number of methoxy groups -OCH3 is 1. The predicted molar refractivity (Wildman–Crippen MR) is 87.7 cm³/mol. The third-order valence-electron chi connectivity index (χ3n) is 2.95. The molecule has 0 saturated heterocycles. The summed E-state index contributed by atoms with van der Waals surface area (Å²) in [5, 5.41) is 3.87. The van der Waals surface area contributed by atoms with E-state index in [4.69, 9.17) is 4.42 Å². The van der Waals surface area contributed by atoms with Crippen LogP contribution in [0.4, 0.5) is 0 Å². The zero-order valence-corrected chi connectivity index (χ0v) is 13.9. The minimum absolute atomic E-state index is 0.0409. The molecular weight excluding hydrogens is 332 g/mol. The van der Waals surface area contributed by atoms with Gasteiger partial charge in [-0.3, -0.25) is 0 Å². The smallest absolute Gasteiger partial charge is 0.332 e. The summed E-state index contributed by atoms with van der Waals surface area (Å²) in [6.07, 6.45) is 4.64. The molecule has 8 heteroatoms. The molecule has 0 spiro atoms. The average molecular weight is 348 g/mol. The molecule has 0 aliphatic rings. The first-order chi connectivity index (χ1) is 11.4. The number of carbonyl (C=O) groups excluding carboxylic acids is 1. The van der Waals surface area contributed by atoms with Crippen molar-refractivity contribution in [2.24, 2.45) is 5.10 Å². The molecular formula is C16H16N2O5S. The minimum atomic E-state index is -3.98. The molecule has 0 radical (unpaired) electrons. The van der Waals surface area contributed by atoms with Crippen molar-refractivity contribution in [2.45, 2.75) is 11.8 Å². The molecule has 24 heavy (non-hydrogen) atoms. The molecule has 2 rings (SSSR count). The van der Waals surface area contributed by atoms with E-state index in [1.54, 1.807) is 24.3 Å². The van der Waals surface area contributed by atoms with E-state index in [9.17, 15) is 13.2 Å². The van der Waals surface area contributed by atoms with Crippen LogP contribution in [0.2, 0.25) is 0 Å². The predicted octanol–water partition coefficient (Wildman–Crippen LogP) is 2.30. The van der Waals surface area contributed by atoms with E-state index >= 15 is 0 Å². The zero-order chi connectivity index (χ0) is 17.6. The van der Waals surface area contributed by atoms with E-state index in [0.29, 0.717) is 10.2 Å². The quantitative estimate of drug-likeness (QED) is 0.346. The van der Waals surface area contributed by atoms with Crippen molar-refractivity contribution in [3.8, 4) is 0 Å². The highest BCUT2D eigenvalue weighted by Gasteiger charge is 2.21. The van der Waals surface area contributed by atoms with Crippen LogP contribution in [-0.2, 0) is 19.6 Å². The molecule has 7 nitrogen and oxygen atoms in total. The van der Waals surface area contributed by atoms with Crippen molar-refractivity contribution < 1.29 is 22.4 Å². The molecule has 0 aliphatic carbocycles. The molecule has 1 aromatic heterocycles. The number of hydrogen-bond acceptors (Lipinski definition) is 6. The van der Waals surface area contributed by atoms with Crippen LogP contribution < -0.4 is 0 Å². The third kappa shape index (κ3) is 4.32. The van der Waals surface area contributed by atoms with Crippen LogP contribution in [0.5, 0.6) is 0 Å². The molecule has 126 valence electrons. The van der Waals surface area contributed by atoms with Crippen LogP contribution in [0.1, 0.15) is 11.3 Å². The number of hydrazone groups is 1. The normalized spacial score (nSPS) is 11.9. The Morgan fingerprint density at radius 1 is 1.25 bits per heavy atom. The SMILES string of the molecule is COC(=O)/C=C\N(/N=C/c1ccco1)S(=O)(=O)c1ccc(C)cc1. The first-order valence-electron chi connectivity index (χ1n) is 6.88. The summed E-state index contributed by atoms with van der Waals surface area (Å²) in [4.78, 5) is 11.3. The Kier molecular flexibility index (Phi) is 5.54. The summed E-state index contributed by atoms with van der Waals surface area (Å²) in [6.45, 7) is 1.85. The summed E-state index contributed by atoms with van der Waals surface area (Å²) in [5.41, 5.74) is 0.921. The molecule has 0 unspecified atom stereocenters. The van der Waals surface area contributed by atoms with E-state index in [0.717, 1.165) is 17.8 Å². The Balaban J connectivity index is 2.38. The standard InChI is InChI=1S/C16H16N2O5S/c1-13-5-7-15(8-6-13)24(20,21)18(10-9-16(19)22-2)17-12-14-4-3-11-23-14/h3-12H,1-2H3/b10-9-,17-12+. The first-order valence-corrected chi connectivity index (χ1v) is 8.32. The Hall–Kier alpha value is -2.87. The Morgan fingerprint density at radius 2 is 1.96 bits per heavy atom. The summed E-state index contributed by atoms with van der Waals surface area (Å²) in [7, 11) is -2.78. The maximum absolute atomic E-state index is 12.7. The summed E-state index contributed by atoms with van der Waals surface area (Å²) >= 11 is 0. The Labute approximate surface area is 139 Å². The molecule has 1 heterocycles. The fraction of sp³-hybridized carbons (Fsp3) is 0.125. The number of esters is 1. The van der Waals surface area contributed by atoms with Gasteiger partial charge in [-0.25, -0.2) is 4.79 Å². The Bertz CT molecular complexity index is 837. The van der Waals surface area contributed by atoms with Gasteiger partial charge in [0, 0.05) is 12.3 Å². The van der Waals surface area contributed by atoms with Crippen LogP contribution in [-0.4, -0.2) is 32.1 Å². The topological polar surface area (TPSA) is 89.2 Å². The van der Waals surface area contributed by atoms with Crippen LogP contribution in [0, 0.1) is 6.92 Å². The molecule has 0 bridgehead atoms. The maximum Gasteiger partial charge on any atom is 0.332 e. The highest BCUT2D eigenvalue weighted by molar-refractivity contribution is 7.89. The first kappa shape index (κ1) is 17.5. The second-order valence-corrected chi connectivity index (χ2v) is 6.49.